The number of nitrogens with zero attached hydrogens (tertiary/aromatic N) is 2. The third kappa shape index (κ3) is 5.44. The van der Waals surface area contributed by atoms with Gasteiger partial charge >= 0.3 is 0 Å². The summed E-state index contributed by atoms with van der Waals surface area (Å²) in [6.45, 7) is 2.31. The van der Waals surface area contributed by atoms with Crippen molar-refractivity contribution < 1.29 is 14.3 Å². The van der Waals surface area contributed by atoms with Crippen LogP contribution in [0.1, 0.15) is 21.7 Å². The number of anilines is 2. The minimum atomic E-state index is -0.249. The molecule has 0 atom stereocenters. The minimum absolute atomic E-state index is 0.249. The van der Waals surface area contributed by atoms with Crippen molar-refractivity contribution in [1.29, 1.82) is 0 Å². The summed E-state index contributed by atoms with van der Waals surface area (Å²) in [6.07, 6.45) is 0.694. The molecule has 0 bridgehead atoms. The fourth-order valence-electron chi connectivity index (χ4n) is 2.85. The molecule has 2 N–H and O–H groups in total. The fourth-order valence-corrected chi connectivity index (χ4v) is 2.85. The van der Waals surface area contributed by atoms with E-state index >= 15 is 0 Å². The molecule has 7 heteroatoms. The van der Waals surface area contributed by atoms with Crippen LogP contribution in [0.4, 0.5) is 11.6 Å². The highest BCUT2D eigenvalue weighted by molar-refractivity contribution is 5.92. The summed E-state index contributed by atoms with van der Waals surface area (Å²) in [7, 11) is 3.23. The Morgan fingerprint density at radius 3 is 2.62 bits per heavy atom. The van der Waals surface area contributed by atoms with Gasteiger partial charge in [0.25, 0.3) is 5.91 Å². The summed E-state index contributed by atoms with van der Waals surface area (Å²) in [5.74, 6) is 1.56. The average molecular weight is 392 g/mol. The largest absolute Gasteiger partial charge is 0.497 e. The number of hydrogen-bond donors (Lipinski definition) is 2. The summed E-state index contributed by atoms with van der Waals surface area (Å²) in [4.78, 5) is 21.3. The van der Waals surface area contributed by atoms with E-state index in [0.29, 0.717) is 36.1 Å². The van der Waals surface area contributed by atoms with Crippen LogP contribution in [-0.2, 0) is 6.42 Å². The van der Waals surface area contributed by atoms with Gasteiger partial charge < -0.3 is 20.1 Å². The first-order valence-electron chi connectivity index (χ1n) is 9.26. The Kier molecular flexibility index (Phi) is 6.63. The Bertz CT molecular complexity index is 991. The standard InChI is InChI=1S/C22H24N4O3/c1-15-13-19(21(27)23-12-11-16-7-6-8-17(14-16)28-2)26-22(24-15)25-18-9-4-5-10-20(18)29-3/h4-10,13-14H,11-12H2,1-3H3,(H,23,27)(H,24,25,26). The molecule has 29 heavy (non-hydrogen) atoms. The number of benzene rings is 2. The van der Waals surface area contributed by atoms with Crippen molar-refractivity contribution >= 4 is 17.5 Å². The Hall–Kier alpha value is -3.61. The van der Waals surface area contributed by atoms with Gasteiger partial charge in [0.2, 0.25) is 5.95 Å². The molecule has 0 saturated carbocycles. The predicted molar refractivity (Wildman–Crippen MR) is 112 cm³/mol. The Balaban J connectivity index is 1.66. The van der Waals surface area contributed by atoms with E-state index in [9.17, 15) is 4.79 Å². The molecule has 0 spiro atoms. The van der Waals surface area contributed by atoms with Crippen molar-refractivity contribution in [2.75, 3.05) is 26.1 Å². The molecule has 7 nitrogen and oxygen atoms in total. The second-order valence-corrected chi connectivity index (χ2v) is 6.40. The number of carbonyl (C=O) groups is 1. The highest BCUT2D eigenvalue weighted by Crippen LogP contribution is 2.25. The van der Waals surface area contributed by atoms with Crippen LogP contribution in [0.3, 0.4) is 0 Å². The molecule has 150 valence electrons. The van der Waals surface area contributed by atoms with E-state index in [1.54, 1.807) is 20.3 Å². The van der Waals surface area contributed by atoms with Gasteiger partial charge in [-0.05, 0) is 49.2 Å². The minimum Gasteiger partial charge on any atom is -0.497 e. The zero-order valence-corrected chi connectivity index (χ0v) is 16.7. The van der Waals surface area contributed by atoms with Crippen LogP contribution in [0.15, 0.2) is 54.6 Å². The van der Waals surface area contributed by atoms with Crippen LogP contribution in [-0.4, -0.2) is 36.6 Å². The molecule has 1 amide bonds. The van der Waals surface area contributed by atoms with Gasteiger partial charge in [0.15, 0.2) is 0 Å². The fraction of sp³-hybridized carbons (Fsp3) is 0.227. The Morgan fingerprint density at radius 1 is 1.00 bits per heavy atom. The SMILES string of the molecule is COc1cccc(CCNC(=O)c2cc(C)nc(Nc3ccccc3OC)n2)c1. The van der Waals surface area contributed by atoms with E-state index in [0.717, 1.165) is 17.0 Å². The second-order valence-electron chi connectivity index (χ2n) is 6.40. The zero-order valence-electron chi connectivity index (χ0n) is 16.7. The second kappa shape index (κ2) is 9.54. The molecular formula is C22H24N4O3. The molecule has 0 aliphatic rings. The van der Waals surface area contributed by atoms with Gasteiger partial charge in [-0.2, -0.15) is 0 Å². The molecule has 0 unspecified atom stereocenters. The van der Waals surface area contributed by atoms with Crippen LogP contribution in [0.25, 0.3) is 0 Å². The molecule has 2 aromatic carbocycles. The summed E-state index contributed by atoms with van der Waals surface area (Å²) >= 11 is 0. The molecule has 3 aromatic rings. The zero-order chi connectivity index (χ0) is 20.6. The number of para-hydroxylation sites is 2. The number of methoxy groups -OCH3 is 2. The van der Waals surface area contributed by atoms with Crippen molar-refractivity contribution in [3.8, 4) is 11.5 Å². The lowest BCUT2D eigenvalue weighted by molar-refractivity contribution is 0.0949. The molecule has 0 aliphatic heterocycles. The predicted octanol–water partition coefficient (Wildman–Crippen LogP) is 3.52. The van der Waals surface area contributed by atoms with E-state index in [2.05, 4.69) is 20.6 Å². The molecule has 0 radical (unpaired) electrons. The van der Waals surface area contributed by atoms with Crippen LogP contribution in [0.5, 0.6) is 11.5 Å². The maximum absolute atomic E-state index is 12.6. The lowest BCUT2D eigenvalue weighted by Crippen LogP contribution is -2.27. The van der Waals surface area contributed by atoms with Crippen molar-refractivity contribution in [2.24, 2.45) is 0 Å². The van der Waals surface area contributed by atoms with E-state index in [1.165, 1.54) is 0 Å². The molecule has 0 saturated heterocycles. The average Bonchev–Trinajstić information content (AvgIpc) is 2.74. The van der Waals surface area contributed by atoms with Crippen LogP contribution < -0.4 is 20.1 Å². The van der Waals surface area contributed by atoms with Gasteiger partial charge in [-0.25, -0.2) is 9.97 Å². The maximum atomic E-state index is 12.6. The maximum Gasteiger partial charge on any atom is 0.270 e. The third-order valence-corrected chi connectivity index (χ3v) is 4.27. The number of amides is 1. The third-order valence-electron chi connectivity index (χ3n) is 4.27. The van der Waals surface area contributed by atoms with Crippen molar-refractivity contribution in [3.05, 3.63) is 71.5 Å². The number of hydrogen-bond acceptors (Lipinski definition) is 6. The first-order chi connectivity index (χ1) is 14.1. The van der Waals surface area contributed by atoms with E-state index in [1.807, 2.05) is 55.5 Å². The lowest BCUT2D eigenvalue weighted by atomic mass is 10.1. The number of aromatic nitrogens is 2. The van der Waals surface area contributed by atoms with Crippen molar-refractivity contribution in [3.63, 3.8) is 0 Å². The lowest BCUT2D eigenvalue weighted by Gasteiger charge is -2.11. The highest BCUT2D eigenvalue weighted by atomic mass is 16.5. The van der Waals surface area contributed by atoms with Gasteiger partial charge in [-0.1, -0.05) is 24.3 Å². The molecule has 1 aromatic heterocycles. The molecule has 3 rings (SSSR count). The van der Waals surface area contributed by atoms with Crippen LogP contribution >= 0.6 is 0 Å². The number of carbonyl (C=O) groups excluding carboxylic acids is 1. The molecule has 0 aliphatic carbocycles. The normalized spacial score (nSPS) is 10.3. The van der Waals surface area contributed by atoms with E-state index < -0.39 is 0 Å². The summed E-state index contributed by atoms with van der Waals surface area (Å²) in [5.41, 5.74) is 2.81. The Labute approximate surface area is 170 Å². The summed E-state index contributed by atoms with van der Waals surface area (Å²) < 4.78 is 10.6. The molecule has 1 heterocycles. The number of nitrogens with one attached hydrogen (secondary N) is 2. The Morgan fingerprint density at radius 2 is 1.83 bits per heavy atom. The topological polar surface area (TPSA) is 85.4 Å². The van der Waals surface area contributed by atoms with Crippen LogP contribution in [0.2, 0.25) is 0 Å². The van der Waals surface area contributed by atoms with Crippen LogP contribution in [0, 0.1) is 6.92 Å². The van der Waals surface area contributed by atoms with Gasteiger partial charge in [-0.3, -0.25) is 4.79 Å². The number of rotatable bonds is 8. The molecule has 0 fully saturated rings. The van der Waals surface area contributed by atoms with E-state index in [-0.39, 0.29) is 5.91 Å². The van der Waals surface area contributed by atoms with Crippen molar-refractivity contribution in [2.45, 2.75) is 13.3 Å². The summed E-state index contributed by atoms with van der Waals surface area (Å²) in [5, 5.41) is 6.02. The number of aryl methyl sites for hydroxylation is 1. The smallest absolute Gasteiger partial charge is 0.270 e. The summed E-state index contributed by atoms with van der Waals surface area (Å²) in [6, 6.07) is 16.9. The molecular weight excluding hydrogens is 368 g/mol. The van der Waals surface area contributed by atoms with E-state index in [4.69, 9.17) is 9.47 Å². The first-order valence-corrected chi connectivity index (χ1v) is 9.26. The first kappa shape index (κ1) is 20.1. The number of ether oxygens (including phenoxy) is 2. The highest BCUT2D eigenvalue weighted by Gasteiger charge is 2.12. The van der Waals surface area contributed by atoms with Gasteiger partial charge in [0, 0.05) is 12.2 Å². The quantitative estimate of drug-likeness (QED) is 0.610. The monoisotopic (exact) mass is 392 g/mol. The van der Waals surface area contributed by atoms with Gasteiger partial charge in [0.1, 0.15) is 17.2 Å². The van der Waals surface area contributed by atoms with Gasteiger partial charge in [0.05, 0.1) is 19.9 Å². The van der Waals surface area contributed by atoms with Gasteiger partial charge in [-0.15, -0.1) is 0 Å². The van der Waals surface area contributed by atoms with Crippen molar-refractivity contribution in [1.82, 2.24) is 15.3 Å².